The minimum atomic E-state index is -3.25. The molecule has 0 heterocycles. The van der Waals surface area contributed by atoms with Crippen LogP contribution in [0.5, 0.6) is 0 Å². The Balaban J connectivity index is 6.21. The highest BCUT2D eigenvalue weighted by Crippen LogP contribution is 2.38. The van der Waals surface area contributed by atoms with Crippen LogP contribution in [0.4, 0.5) is 0 Å². The highest BCUT2D eigenvalue weighted by atomic mass is 28.5. The summed E-state index contributed by atoms with van der Waals surface area (Å²) in [7, 11) is -13.1. The maximum absolute atomic E-state index is 6.98. The fourth-order valence-corrected chi connectivity index (χ4v) is 24.5. The van der Waals surface area contributed by atoms with Crippen LogP contribution in [0.2, 0.25) is 57.5 Å². The van der Waals surface area contributed by atoms with Crippen LogP contribution in [-0.2, 0) is 29.7 Å². The molecule has 0 aromatic carbocycles. The Labute approximate surface area is 207 Å². The molecule has 1 unspecified atom stereocenters. The van der Waals surface area contributed by atoms with E-state index in [1.807, 2.05) is 0 Å². The molecule has 0 saturated carbocycles. The summed E-state index contributed by atoms with van der Waals surface area (Å²) in [6.45, 7) is 27.7. The molecule has 0 saturated heterocycles. The average Bonchev–Trinajstić information content (AvgIpc) is 2.64. The lowest BCUT2D eigenvalue weighted by atomic mass is 10.5. The molecule has 0 N–H and O–H groups in total. The topological polar surface area (TPSA) is 64.6 Å². The zero-order valence-electron chi connectivity index (χ0n) is 22.9. The van der Waals surface area contributed by atoms with Crippen molar-refractivity contribution in [3.8, 4) is 0 Å². The van der Waals surface area contributed by atoms with Gasteiger partial charge in [0.05, 0.1) is 0 Å². The molecular formula is C19H52O7Si6. The molecule has 194 valence electrons. The third-order valence-corrected chi connectivity index (χ3v) is 25.0. The predicted molar refractivity (Wildman–Crippen MR) is 148 cm³/mol. The van der Waals surface area contributed by atoms with E-state index >= 15 is 0 Å². The predicted octanol–water partition coefficient (Wildman–Crippen LogP) is 4.79. The van der Waals surface area contributed by atoms with E-state index in [2.05, 4.69) is 80.1 Å². The first-order valence-corrected chi connectivity index (χ1v) is 27.2. The second kappa shape index (κ2) is 15.9. The van der Waals surface area contributed by atoms with E-state index in [9.17, 15) is 0 Å². The Morgan fingerprint density at radius 3 is 1.19 bits per heavy atom. The van der Waals surface area contributed by atoms with Crippen LogP contribution in [0.1, 0.15) is 47.0 Å². The molecule has 0 aliphatic carbocycles. The Kier molecular flexibility index (Phi) is 16.4. The van der Waals surface area contributed by atoms with E-state index in [-0.39, 0.29) is 5.16 Å². The minimum absolute atomic E-state index is 0.0128. The van der Waals surface area contributed by atoms with E-state index in [4.69, 9.17) is 29.7 Å². The molecule has 0 spiro atoms. The van der Waals surface area contributed by atoms with Crippen molar-refractivity contribution in [2.45, 2.75) is 104 Å². The Morgan fingerprint density at radius 2 is 0.938 bits per heavy atom. The summed E-state index contributed by atoms with van der Waals surface area (Å²) in [5.41, 5.74) is 0. The molecule has 13 heteroatoms. The van der Waals surface area contributed by atoms with Gasteiger partial charge in [0.15, 0.2) is 35.4 Å². The van der Waals surface area contributed by atoms with Gasteiger partial charge in [0.2, 0.25) is 0 Å². The molecule has 0 radical (unpaired) electrons. The summed E-state index contributed by atoms with van der Waals surface area (Å²) in [4.78, 5) is 0. The van der Waals surface area contributed by atoms with Gasteiger partial charge >= 0.3 is 17.9 Å². The van der Waals surface area contributed by atoms with Crippen molar-refractivity contribution < 1.29 is 29.7 Å². The van der Waals surface area contributed by atoms with Crippen LogP contribution in [0.3, 0.4) is 0 Å². The molecule has 0 aromatic rings. The van der Waals surface area contributed by atoms with Gasteiger partial charge in [0, 0.05) is 25.0 Å². The summed E-state index contributed by atoms with van der Waals surface area (Å²) >= 11 is 0. The normalized spacial score (nSPS) is 14.7. The second-order valence-corrected chi connectivity index (χ2v) is 28.1. The molecule has 7 nitrogen and oxygen atoms in total. The van der Waals surface area contributed by atoms with Gasteiger partial charge in [-0.2, -0.15) is 0 Å². The van der Waals surface area contributed by atoms with Crippen LogP contribution >= 0.6 is 0 Å². The Morgan fingerprint density at radius 1 is 0.625 bits per heavy atom. The van der Waals surface area contributed by atoms with E-state index in [1.165, 1.54) is 0 Å². The van der Waals surface area contributed by atoms with Gasteiger partial charge in [0.25, 0.3) is 0 Å². The van der Waals surface area contributed by atoms with Gasteiger partial charge in [-0.3, -0.25) is 0 Å². The quantitative estimate of drug-likeness (QED) is 0.210. The lowest BCUT2D eigenvalue weighted by Crippen LogP contribution is -2.65. The smallest absolute Gasteiger partial charge is 0.399 e. The zero-order chi connectivity index (χ0) is 25.0. The van der Waals surface area contributed by atoms with Gasteiger partial charge in [-0.05, 0) is 71.6 Å². The molecule has 0 aromatic heterocycles. The van der Waals surface area contributed by atoms with Crippen molar-refractivity contribution >= 4 is 53.3 Å². The number of rotatable bonds is 19. The number of hydrogen-bond acceptors (Lipinski definition) is 7. The van der Waals surface area contributed by atoms with Crippen LogP contribution < -0.4 is 0 Å². The molecule has 32 heavy (non-hydrogen) atoms. The molecule has 0 fully saturated rings. The molecular weight excluding hydrogens is 509 g/mol. The van der Waals surface area contributed by atoms with Crippen molar-refractivity contribution in [3.05, 3.63) is 0 Å². The van der Waals surface area contributed by atoms with Gasteiger partial charge in [0.1, 0.15) is 0 Å². The highest BCUT2D eigenvalue weighted by molar-refractivity contribution is 6.92. The fourth-order valence-electron chi connectivity index (χ4n) is 3.09. The first-order valence-electron chi connectivity index (χ1n) is 12.4. The maximum atomic E-state index is 6.98. The molecule has 0 amide bonds. The lowest BCUT2D eigenvalue weighted by Gasteiger charge is -2.44. The van der Waals surface area contributed by atoms with Crippen molar-refractivity contribution in [3.63, 3.8) is 0 Å². The van der Waals surface area contributed by atoms with Crippen molar-refractivity contribution in [2.24, 2.45) is 0 Å². The fraction of sp³-hybridized carbons (Fsp3) is 1.00. The highest BCUT2D eigenvalue weighted by Gasteiger charge is 2.60. The standard InChI is InChI=1S/C19H52O7Si6/c1-13-16-20-31(21-17-14-2,22-18-15-3)19(4)30(11,12)26-32(23-27(5)6,24-28(7)8)25-29(9)10/h19,27-29H,13-18H2,1-12H3. The first-order chi connectivity index (χ1) is 14.8. The molecule has 0 bridgehead atoms. The lowest BCUT2D eigenvalue weighted by molar-refractivity contribution is 0.0548. The summed E-state index contributed by atoms with van der Waals surface area (Å²) < 4.78 is 45.9. The molecule has 0 rings (SSSR count). The number of hydrogen-bond donors (Lipinski definition) is 0. The van der Waals surface area contributed by atoms with Crippen LogP contribution in [-0.4, -0.2) is 73.1 Å². The molecule has 0 aliphatic heterocycles. The monoisotopic (exact) mass is 560 g/mol. The average molecular weight is 561 g/mol. The van der Waals surface area contributed by atoms with Gasteiger partial charge in [-0.1, -0.05) is 27.7 Å². The summed E-state index contributed by atoms with van der Waals surface area (Å²) in [6, 6.07) is 0. The third kappa shape index (κ3) is 11.6. The summed E-state index contributed by atoms with van der Waals surface area (Å²) in [5, 5.41) is 0.0128. The van der Waals surface area contributed by atoms with Crippen molar-refractivity contribution in [1.29, 1.82) is 0 Å². The largest absolute Gasteiger partial charge is 0.636 e. The summed E-state index contributed by atoms with van der Waals surface area (Å²) in [5.74, 6) is 0. The SMILES string of the molecule is CCCO[Si](OCCC)(OCCC)C(C)[Si](C)(C)O[Si](O[SiH](C)C)(O[SiH](C)C)O[SiH](C)C. The van der Waals surface area contributed by atoms with E-state index in [0.29, 0.717) is 19.8 Å². The Hall–Kier alpha value is 1.02. The molecule has 1 atom stereocenters. The minimum Gasteiger partial charge on any atom is -0.399 e. The van der Waals surface area contributed by atoms with E-state index in [1.54, 1.807) is 0 Å². The third-order valence-electron chi connectivity index (χ3n) is 4.62. The summed E-state index contributed by atoms with van der Waals surface area (Å²) in [6.07, 6.45) is 2.75. The van der Waals surface area contributed by atoms with E-state index < -0.39 is 53.3 Å². The molecule has 0 aliphatic rings. The van der Waals surface area contributed by atoms with Gasteiger partial charge in [-0.15, -0.1) is 0 Å². The van der Waals surface area contributed by atoms with Crippen LogP contribution in [0, 0.1) is 0 Å². The zero-order valence-corrected chi connectivity index (χ0v) is 29.4. The van der Waals surface area contributed by atoms with E-state index in [0.717, 1.165) is 19.3 Å². The first kappa shape index (κ1) is 33.0. The maximum Gasteiger partial charge on any atom is 0.636 e. The Bertz CT molecular complexity index is 448. The van der Waals surface area contributed by atoms with Crippen LogP contribution in [0.15, 0.2) is 0 Å². The van der Waals surface area contributed by atoms with Gasteiger partial charge < -0.3 is 29.7 Å². The van der Waals surface area contributed by atoms with Gasteiger partial charge in [-0.25, -0.2) is 0 Å². The van der Waals surface area contributed by atoms with Crippen molar-refractivity contribution in [2.75, 3.05) is 19.8 Å². The van der Waals surface area contributed by atoms with Crippen LogP contribution in [0.25, 0.3) is 0 Å². The second-order valence-electron chi connectivity index (χ2n) is 9.58. The van der Waals surface area contributed by atoms with Crippen molar-refractivity contribution in [1.82, 2.24) is 0 Å².